The zero-order chi connectivity index (χ0) is 24.7. The first-order valence-corrected chi connectivity index (χ1v) is 13.1. The molecule has 1 amide bonds. The van der Waals surface area contributed by atoms with E-state index in [1.165, 1.54) is 12.5 Å². The lowest BCUT2D eigenvalue weighted by molar-refractivity contribution is -0.137. The van der Waals surface area contributed by atoms with Crippen LogP contribution in [0.15, 0.2) is 18.2 Å². The summed E-state index contributed by atoms with van der Waals surface area (Å²) in [4.78, 5) is 15.0. The number of hydrogen-bond acceptors (Lipinski definition) is 6. The Morgan fingerprint density at radius 1 is 1.18 bits per heavy atom. The first kappa shape index (κ1) is 27.3. The van der Waals surface area contributed by atoms with Crippen molar-refractivity contribution in [2.45, 2.75) is 83.2 Å². The first-order chi connectivity index (χ1) is 16.3. The number of rotatable bonds is 5. The van der Waals surface area contributed by atoms with Crippen LogP contribution in [0.1, 0.15) is 75.1 Å². The van der Waals surface area contributed by atoms with E-state index in [1.54, 1.807) is 4.90 Å². The second-order valence-electron chi connectivity index (χ2n) is 9.39. The summed E-state index contributed by atoms with van der Waals surface area (Å²) in [7, 11) is 0. The second-order valence-corrected chi connectivity index (χ2v) is 9.86. The second kappa shape index (κ2) is 12.6. The van der Waals surface area contributed by atoms with E-state index in [-0.39, 0.29) is 24.4 Å². The van der Waals surface area contributed by atoms with Gasteiger partial charge in [-0.25, -0.2) is 4.72 Å². The Balaban J connectivity index is 0.00000103. The number of fused-ring (bicyclic) bond motifs is 1. The van der Waals surface area contributed by atoms with Gasteiger partial charge in [0, 0.05) is 56.4 Å². The molecular formula is C24H37F3N4O2S. The molecule has 10 heteroatoms. The van der Waals surface area contributed by atoms with Gasteiger partial charge in [0.05, 0.1) is 11.6 Å². The lowest BCUT2D eigenvalue weighted by atomic mass is 9.92. The fourth-order valence-corrected chi connectivity index (χ4v) is 5.38. The average molecular weight is 503 g/mol. The van der Waals surface area contributed by atoms with Gasteiger partial charge in [-0.2, -0.15) is 13.2 Å². The number of alkyl halides is 3. The highest BCUT2D eigenvalue weighted by Crippen LogP contribution is 2.36. The number of hydrogen-bond donors (Lipinski definition) is 3. The predicted octanol–water partition coefficient (Wildman–Crippen LogP) is 4.55. The van der Waals surface area contributed by atoms with Crippen molar-refractivity contribution in [1.82, 2.24) is 14.9 Å². The van der Waals surface area contributed by atoms with Crippen molar-refractivity contribution in [3.05, 3.63) is 34.9 Å². The molecule has 0 bridgehead atoms. The molecule has 6 nitrogen and oxygen atoms in total. The molecule has 4 rings (SSSR count). The van der Waals surface area contributed by atoms with E-state index in [4.69, 9.17) is 9.88 Å². The van der Waals surface area contributed by atoms with E-state index in [2.05, 4.69) is 23.9 Å². The Morgan fingerprint density at radius 3 is 2.53 bits per heavy atom. The standard InChI is InChI=1S/C21H29F3N4O2S.C3H8/c22-21(23,24)15-2-4-18-14(9-15)11-28(12-19(18)27-31-25)20(29)13-1-3-17(10-13)26-16-5-7-30-8-6-16;1-3-2/h2,4,9,13,16-17,19,26-27H,1,3,5-8,10-12,25H2;3H2,1-2H3. The number of carbonyl (C=O) groups excluding carboxylic acids is 1. The summed E-state index contributed by atoms with van der Waals surface area (Å²) in [6.45, 7) is 6.39. The molecule has 3 unspecified atom stereocenters. The summed E-state index contributed by atoms with van der Waals surface area (Å²) < 4.78 is 48.1. The maximum atomic E-state index is 13.3. The highest BCUT2D eigenvalue weighted by atomic mass is 32.2. The van der Waals surface area contributed by atoms with Crippen LogP contribution in [0.3, 0.4) is 0 Å². The molecule has 192 valence electrons. The van der Waals surface area contributed by atoms with Crippen molar-refractivity contribution in [2.75, 3.05) is 19.8 Å². The predicted molar refractivity (Wildman–Crippen MR) is 129 cm³/mol. The average Bonchev–Trinajstić information content (AvgIpc) is 3.27. The Morgan fingerprint density at radius 2 is 1.88 bits per heavy atom. The van der Waals surface area contributed by atoms with Crippen LogP contribution >= 0.6 is 12.1 Å². The molecule has 2 heterocycles. The van der Waals surface area contributed by atoms with E-state index in [1.807, 2.05) is 0 Å². The third-order valence-electron chi connectivity index (χ3n) is 6.61. The Kier molecular flexibility index (Phi) is 10.1. The zero-order valence-corrected chi connectivity index (χ0v) is 20.8. The van der Waals surface area contributed by atoms with Gasteiger partial charge in [0.2, 0.25) is 5.91 Å². The SMILES string of the molecule is CCC.NSNC1CN(C(=O)C2CCC(NC3CCOCC3)C2)Cc2cc(C(F)(F)F)ccc21. The van der Waals surface area contributed by atoms with Crippen LogP contribution in [0.25, 0.3) is 0 Å². The quantitative estimate of drug-likeness (QED) is 0.513. The van der Waals surface area contributed by atoms with E-state index in [0.29, 0.717) is 24.2 Å². The van der Waals surface area contributed by atoms with Gasteiger partial charge in [0.25, 0.3) is 0 Å². The highest BCUT2D eigenvalue weighted by Gasteiger charge is 2.38. The van der Waals surface area contributed by atoms with Crippen molar-refractivity contribution in [3.8, 4) is 0 Å². The van der Waals surface area contributed by atoms with Crippen LogP contribution in [0.2, 0.25) is 0 Å². The first-order valence-electron chi connectivity index (χ1n) is 12.2. The molecule has 1 saturated heterocycles. The largest absolute Gasteiger partial charge is 0.416 e. The Bertz CT molecular complexity index is 805. The molecule has 1 aromatic rings. The molecule has 3 atom stereocenters. The van der Waals surface area contributed by atoms with Crippen LogP contribution in [0.5, 0.6) is 0 Å². The van der Waals surface area contributed by atoms with Gasteiger partial charge in [-0.1, -0.05) is 26.3 Å². The molecule has 1 aromatic carbocycles. The third kappa shape index (κ3) is 7.10. The van der Waals surface area contributed by atoms with Gasteiger partial charge >= 0.3 is 6.18 Å². The van der Waals surface area contributed by atoms with Gasteiger partial charge in [0.1, 0.15) is 0 Å². The van der Waals surface area contributed by atoms with Crippen LogP contribution in [-0.4, -0.2) is 42.6 Å². The minimum absolute atomic E-state index is 0.0214. The fraction of sp³-hybridized carbons (Fsp3) is 0.708. The highest BCUT2D eigenvalue weighted by molar-refractivity contribution is 7.95. The van der Waals surface area contributed by atoms with Crippen molar-refractivity contribution in [3.63, 3.8) is 0 Å². The monoisotopic (exact) mass is 502 g/mol. The summed E-state index contributed by atoms with van der Waals surface area (Å²) in [5.74, 6) is -0.0796. The van der Waals surface area contributed by atoms with Crippen LogP contribution in [-0.2, 0) is 22.3 Å². The number of amides is 1. The molecule has 1 aliphatic carbocycles. The van der Waals surface area contributed by atoms with E-state index < -0.39 is 11.7 Å². The summed E-state index contributed by atoms with van der Waals surface area (Å²) in [6.07, 6.45) is 1.33. The smallest absolute Gasteiger partial charge is 0.381 e. The maximum absolute atomic E-state index is 13.3. The Labute approximate surface area is 204 Å². The summed E-state index contributed by atoms with van der Waals surface area (Å²) in [6, 6.07) is 4.19. The molecule has 0 radical (unpaired) electrons. The van der Waals surface area contributed by atoms with Crippen LogP contribution in [0.4, 0.5) is 13.2 Å². The maximum Gasteiger partial charge on any atom is 0.416 e. The topological polar surface area (TPSA) is 79.6 Å². The fourth-order valence-electron chi connectivity index (χ4n) is 5.01. The Hall–Kier alpha value is -1.33. The number of carbonyl (C=O) groups is 1. The molecule has 3 aliphatic rings. The van der Waals surface area contributed by atoms with Gasteiger partial charge in [0.15, 0.2) is 0 Å². The van der Waals surface area contributed by atoms with Crippen LogP contribution in [0, 0.1) is 5.92 Å². The summed E-state index contributed by atoms with van der Waals surface area (Å²) in [5, 5.41) is 9.24. The number of nitrogens with two attached hydrogens (primary N) is 1. The normalized spacial score (nSPS) is 25.5. The third-order valence-corrected chi connectivity index (χ3v) is 7.03. The molecule has 1 saturated carbocycles. The number of halogens is 3. The van der Waals surface area contributed by atoms with Gasteiger partial charge in [-0.3, -0.25) is 9.93 Å². The van der Waals surface area contributed by atoms with E-state index in [0.717, 1.165) is 75.1 Å². The lowest BCUT2D eigenvalue weighted by Gasteiger charge is -2.36. The molecule has 34 heavy (non-hydrogen) atoms. The lowest BCUT2D eigenvalue weighted by Crippen LogP contribution is -2.44. The molecule has 2 aliphatic heterocycles. The van der Waals surface area contributed by atoms with Crippen LogP contribution < -0.4 is 15.2 Å². The summed E-state index contributed by atoms with van der Waals surface area (Å²) >= 11 is 0.917. The van der Waals surface area contributed by atoms with Gasteiger partial charge < -0.3 is 15.0 Å². The van der Waals surface area contributed by atoms with Crippen molar-refractivity contribution < 1.29 is 22.7 Å². The van der Waals surface area contributed by atoms with Crippen molar-refractivity contribution >= 4 is 18.0 Å². The van der Waals surface area contributed by atoms with E-state index >= 15 is 0 Å². The molecule has 2 fully saturated rings. The molecule has 4 N–H and O–H groups in total. The number of nitrogens with one attached hydrogen (secondary N) is 2. The minimum Gasteiger partial charge on any atom is -0.381 e. The number of nitrogens with zero attached hydrogens (tertiary/aromatic N) is 1. The van der Waals surface area contributed by atoms with Gasteiger partial charge in [-0.05, 0) is 55.4 Å². The minimum atomic E-state index is -4.42. The summed E-state index contributed by atoms with van der Waals surface area (Å²) in [5.41, 5.74) is 0.595. The van der Waals surface area contributed by atoms with E-state index in [9.17, 15) is 18.0 Å². The van der Waals surface area contributed by atoms with Crippen molar-refractivity contribution in [1.29, 1.82) is 0 Å². The molecular weight excluding hydrogens is 465 g/mol. The number of benzene rings is 1. The molecule has 0 spiro atoms. The number of ether oxygens (including phenoxy) is 1. The van der Waals surface area contributed by atoms with Gasteiger partial charge in [-0.15, -0.1) is 0 Å². The zero-order valence-electron chi connectivity index (χ0n) is 20.0. The van der Waals surface area contributed by atoms with Crippen molar-refractivity contribution in [2.24, 2.45) is 11.1 Å². The molecule has 0 aromatic heterocycles.